The summed E-state index contributed by atoms with van der Waals surface area (Å²) in [5.41, 5.74) is 2.65. The first kappa shape index (κ1) is 13.6. The Hall–Kier alpha value is -1.39. The normalized spacial score (nSPS) is 26.4. The first-order valence-electron chi connectivity index (χ1n) is 7.39. The molecule has 2 aliphatic rings. The molecule has 1 N–H and O–H groups in total. The molecule has 1 fully saturated rings. The predicted molar refractivity (Wildman–Crippen MR) is 75.7 cm³/mol. The highest BCUT2D eigenvalue weighted by Crippen LogP contribution is 2.30. The van der Waals surface area contributed by atoms with Gasteiger partial charge in [-0.25, -0.2) is 0 Å². The summed E-state index contributed by atoms with van der Waals surface area (Å²) < 4.78 is 5.93. The molecule has 4 nitrogen and oxygen atoms in total. The number of aliphatic carboxylic acids is 1. The van der Waals surface area contributed by atoms with Crippen LogP contribution in [0.5, 0.6) is 0 Å². The molecule has 3 rings (SSSR count). The summed E-state index contributed by atoms with van der Waals surface area (Å²) in [4.78, 5) is 13.2. The maximum atomic E-state index is 10.9. The Bertz CT molecular complexity index is 488. The van der Waals surface area contributed by atoms with Gasteiger partial charge >= 0.3 is 5.97 Å². The average molecular weight is 275 g/mol. The highest BCUT2D eigenvalue weighted by molar-refractivity contribution is 5.67. The zero-order valence-electron chi connectivity index (χ0n) is 11.6. The van der Waals surface area contributed by atoms with E-state index in [4.69, 9.17) is 9.84 Å². The molecular weight excluding hydrogens is 254 g/mol. The highest BCUT2D eigenvalue weighted by atomic mass is 16.5. The van der Waals surface area contributed by atoms with Crippen molar-refractivity contribution in [1.82, 2.24) is 4.90 Å². The zero-order chi connectivity index (χ0) is 13.9. The van der Waals surface area contributed by atoms with Crippen molar-refractivity contribution in [2.24, 2.45) is 0 Å². The van der Waals surface area contributed by atoms with Gasteiger partial charge < -0.3 is 9.84 Å². The third-order valence-electron chi connectivity index (χ3n) is 4.40. The smallest absolute Gasteiger partial charge is 0.304 e. The molecule has 0 amide bonds. The van der Waals surface area contributed by atoms with Crippen LogP contribution in [0.3, 0.4) is 0 Å². The molecule has 1 aromatic rings. The van der Waals surface area contributed by atoms with Crippen LogP contribution in [0, 0.1) is 0 Å². The lowest BCUT2D eigenvalue weighted by Crippen LogP contribution is -2.36. The van der Waals surface area contributed by atoms with E-state index in [2.05, 4.69) is 29.2 Å². The molecule has 0 bridgehead atoms. The lowest BCUT2D eigenvalue weighted by molar-refractivity contribution is -0.138. The van der Waals surface area contributed by atoms with E-state index in [9.17, 15) is 4.79 Å². The van der Waals surface area contributed by atoms with Crippen molar-refractivity contribution in [3.8, 4) is 0 Å². The molecule has 0 saturated carbocycles. The van der Waals surface area contributed by atoms with E-state index >= 15 is 0 Å². The first-order valence-corrected chi connectivity index (χ1v) is 7.39. The molecule has 1 saturated heterocycles. The fourth-order valence-corrected chi connectivity index (χ4v) is 3.41. The Balaban J connectivity index is 1.70. The Labute approximate surface area is 119 Å². The summed E-state index contributed by atoms with van der Waals surface area (Å²) in [7, 11) is 0. The quantitative estimate of drug-likeness (QED) is 0.915. The van der Waals surface area contributed by atoms with Gasteiger partial charge in [-0.2, -0.15) is 0 Å². The van der Waals surface area contributed by atoms with Crippen LogP contribution >= 0.6 is 0 Å². The molecule has 0 aromatic heterocycles. The molecule has 1 aromatic carbocycles. The van der Waals surface area contributed by atoms with Gasteiger partial charge in [-0.3, -0.25) is 9.69 Å². The lowest BCUT2D eigenvalue weighted by atomic mass is 9.97. The van der Waals surface area contributed by atoms with Gasteiger partial charge in [0.05, 0.1) is 19.1 Å². The minimum atomic E-state index is -0.702. The van der Waals surface area contributed by atoms with E-state index in [0.29, 0.717) is 0 Å². The Kier molecular flexibility index (Phi) is 4.03. The van der Waals surface area contributed by atoms with E-state index in [0.717, 1.165) is 39.0 Å². The minimum absolute atomic E-state index is 0.0920. The molecule has 2 atom stereocenters. The fraction of sp³-hybridized carbons (Fsp3) is 0.562. The number of hydrogen-bond donors (Lipinski definition) is 1. The van der Waals surface area contributed by atoms with E-state index in [1.165, 1.54) is 11.1 Å². The van der Waals surface area contributed by atoms with Crippen LogP contribution in [0.4, 0.5) is 0 Å². The van der Waals surface area contributed by atoms with Crippen molar-refractivity contribution >= 4 is 5.97 Å². The number of likely N-dealkylation sites (tertiary alicyclic amines) is 1. The third-order valence-corrected chi connectivity index (χ3v) is 4.40. The Morgan fingerprint density at radius 1 is 1.40 bits per heavy atom. The SMILES string of the molecule is O=C(O)CC1CCCN1CC1OCCc2ccccc21. The molecule has 20 heavy (non-hydrogen) atoms. The fourth-order valence-electron chi connectivity index (χ4n) is 3.41. The van der Waals surface area contributed by atoms with Crippen LogP contribution in [0.2, 0.25) is 0 Å². The maximum absolute atomic E-state index is 10.9. The van der Waals surface area contributed by atoms with Gasteiger partial charge in [0.2, 0.25) is 0 Å². The number of rotatable bonds is 4. The summed E-state index contributed by atoms with van der Waals surface area (Å²) >= 11 is 0. The van der Waals surface area contributed by atoms with Gasteiger partial charge in [0, 0.05) is 12.6 Å². The van der Waals surface area contributed by atoms with Crippen LogP contribution < -0.4 is 0 Å². The van der Waals surface area contributed by atoms with Gasteiger partial charge in [-0.1, -0.05) is 24.3 Å². The molecule has 0 radical (unpaired) electrons. The van der Waals surface area contributed by atoms with Crippen LogP contribution in [-0.2, 0) is 16.0 Å². The molecule has 108 valence electrons. The summed E-state index contributed by atoms with van der Waals surface area (Å²) in [6, 6.07) is 8.61. The van der Waals surface area contributed by atoms with Gasteiger partial charge in [0.15, 0.2) is 0 Å². The number of ether oxygens (including phenoxy) is 1. The maximum Gasteiger partial charge on any atom is 0.304 e. The van der Waals surface area contributed by atoms with Crippen molar-refractivity contribution in [2.75, 3.05) is 19.7 Å². The number of benzene rings is 1. The predicted octanol–water partition coefficient (Wildman–Crippen LogP) is 2.24. The molecule has 0 spiro atoms. The number of carbonyl (C=O) groups is 1. The second-order valence-corrected chi connectivity index (χ2v) is 5.70. The Morgan fingerprint density at radius 3 is 3.10 bits per heavy atom. The zero-order valence-corrected chi connectivity index (χ0v) is 11.6. The van der Waals surface area contributed by atoms with Crippen molar-refractivity contribution in [2.45, 2.75) is 37.8 Å². The molecule has 2 unspecified atom stereocenters. The van der Waals surface area contributed by atoms with Crippen LogP contribution in [0.1, 0.15) is 36.5 Å². The summed E-state index contributed by atoms with van der Waals surface area (Å²) in [6.07, 6.45) is 3.39. The van der Waals surface area contributed by atoms with E-state index < -0.39 is 5.97 Å². The van der Waals surface area contributed by atoms with Gasteiger partial charge in [-0.05, 0) is 36.9 Å². The topological polar surface area (TPSA) is 49.8 Å². The van der Waals surface area contributed by atoms with Crippen molar-refractivity contribution < 1.29 is 14.6 Å². The van der Waals surface area contributed by atoms with E-state index in [1.807, 2.05) is 0 Å². The van der Waals surface area contributed by atoms with Gasteiger partial charge in [-0.15, -0.1) is 0 Å². The molecule has 4 heteroatoms. The van der Waals surface area contributed by atoms with Crippen LogP contribution in [0.15, 0.2) is 24.3 Å². The largest absolute Gasteiger partial charge is 0.481 e. The second kappa shape index (κ2) is 5.94. The average Bonchev–Trinajstić information content (AvgIpc) is 2.86. The van der Waals surface area contributed by atoms with Crippen molar-refractivity contribution in [1.29, 1.82) is 0 Å². The lowest BCUT2D eigenvalue weighted by Gasteiger charge is -2.32. The molecule has 2 aliphatic heterocycles. The molecule has 0 aliphatic carbocycles. The summed E-state index contributed by atoms with van der Waals surface area (Å²) in [6.45, 7) is 2.56. The number of carboxylic acid groups (broad SMARTS) is 1. The Morgan fingerprint density at radius 2 is 2.25 bits per heavy atom. The van der Waals surface area contributed by atoms with Crippen LogP contribution in [0.25, 0.3) is 0 Å². The monoisotopic (exact) mass is 275 g/mol. The number of nitrogens with zero attached hydrogens (tertiary/aromatic N) is 1. The summed E-state index contributed by atoms with van der Waals surface area (Å²) in [5, 5.41) is 9.00. The van der Waals surface area contributed by atoms with Crippen molar-refractivity contribution in [3.05, 3.63) is 35.4 Å². The summed E-state index contributed by atoms with van der Waals surface area (Å²) in [5.74, 6) is -0.702. The second-order valence-electron chi connectivity index (χ2n) is 5.70. The van der Waals surface area contributed by atoms with Crippen molar-refractivity contribution in [3.63, 3.8) is 0 Å². The van der Waals surface area contributed by atoms with E-state index in [1.54, 1.807) is 0 Å². The standard InChI is InChI=1S/C16H21NO3/c18-16(19)10-13-5-3-8-17(13)11-15-14-6-2-1-4-12(14)7-9-20-15/h1-2,4,6,13,15H,3,5,7-11H2,(H,18,19). The van der Waals surface area contributed by atoms with E-state index in [-0.39, 0.29) is 18.6 Å². The van der Waals surface area contributed by atoms with Crippen LogP contribution in [-0.4, -0.2) is 41.7 Å². The highest BCUT2D eigenvalue weighted by Gasteiger charge is 2.30. The minimum Gasteiger partial charge on any atom is -0.481 e. The first-order chi connectivity index (χ1) is 9.74. The number of fused-ring (bicyclic) bond motifs is 1. The number of hydrogen-bond acceptors (Lipinski definition) is 3. The third kappa shape index (κ3) is 2.86. The van der Waals surface area contributed by atoms with Gasteiger partial charge in [0.1, 0.15) is 0 Å². The number of carboxylic acids is 1. The van der Waals surface area contributed by atoms with Gasteiger partial charge in [0.25, 0.3) is 0 Å². The molecule has 2 heterocycles. The molecular formula is C16H21NO3.